The fourth-order valence-corrected chi connectivity index (χ4v) is 1.65. The molecule has 0 amide bonds. The second kappa shape index (κ2) is 3.26. The zero-order chi connectivity index (χ0) is 9.26. The molecule has 0 saturated heterocycles. The summed E-state index contributed by atoms with van der Waals surface area (Å²) in [5, 5.41) is 3.29. The summed E-state index contributed by atoms with van der Waals surface area (Å²) in [5.41, 5.74) is 4.46. The average molecular weight is 175 g/mol. The number of nitrogens with one attached hydrogen (secondary N) is 1. The summed E-state index contributed by atoms with van der Waals surface area (Å²) in [5.74, 6) is 0. The quantitative estimate of drug-likeness (QED) is 0.696. The number of nitrogens with zero attached hydrogens (tertiary/aromatic N) is 2. The van der Waals surface area contributed by atoms with Gasteiger partial charge >= 0.3 is 0 Å². The molecule has 1 aliphatic heterocycles. The third-order valence-electron chi connectivity index (χ3n) is 2.28. The summed E-state index contributed by atoms with van der Waals surface area (Å²) in [6.07, 6.45) is 2.63. The van der Waals surface area contributed by atoms with E-state index >= 15 is 0 Å². The largest absolute Gasteiger partial charge is 0.311 e. The molecule has 3 heteroatoms. The standard InChI is InChI=1S/C10H13N3/c1-7(2)10-8-3-4-11-5-9(8)12-6-13-10/h6,11H,1,3-5H2,2H3. The molecule has 1 aliphatic rings. The van der Waals surface area contributed by atoms with E-state index in [0.717, 1.165) is 36.5 Å². The van der Waals surface area contributed by atoms with Crippen LogP contribution in [0.3, 0.4) is 0 Å². The number of hydrogen-bond donors (Lipinski definition) is 1. The predicted octanol–water partition coefficient (Wildman–Crippen LogP) is 1.16. The Balaban J connectivity index is 2.52. The number of fused-ring (bicyclic) bond motifs is 1. The molecule has 0 atom stereocenters. The lowest BCUT2D eigenvalue weighted by Crippen LogP contribution is -2.26. The highest BCUT2D eigenvalue weighted by atomic mass is 14.9. The summed E-state index contributed by atoms with van der Waals surface area (Å²) in [4.78, 5) is 8.50. The van der Waals surface area contributed by atoms with Crippen molar-refractivity contribution in [2.75, 3.05) is 6.54 Å². The van der Waals surface area contributed by atoms with Gasteiger partial charge in [0.15, 0.2) is 0 Å². The Morgan fingerprint density at radius 1 is 1.54 bits per heavy atom. The fraction of sp³-hybridized carbons (Fsp3) is 0.400. The summed E-state index contributed by atoms with van der Waals surface area (Å²) in [6.45, 7) is 7.79. The molecule has 2 heterocycles. The highest BCUT2D eigenvalue weighted by Crippen LogP contribution is 2.19. The monoisotopic (exact) mass is 175 g/mol. The highest BCUT2D eigenvalue weighted by Gasteiger charge is 2.14. The van der Waals surface area contributed by atoms with Gasteiger partial charge < -0.3 is 5.32 Å². The van der Waals surface area contributed by atoms with E-state index < -0.39 is 0 Å². The molecular formula is C10H13N3. The summed E-state index contributed by atoms with van der Waals surface area (Å²) in [7, 11) is 0. The molecule has 68 valence electrons. The van der Waals surface area contributed by atoms with Crippen LogP contribution in [-0.2, 0) is 13.0 Å². The van der Waals surface area contributed by atoms with Crippen LogP contribution in [0.15, 0.2) is 12.9 Å². The van der Waals surface area contributed by atoms with Gasteiger partial charge in [0.1, 0.15) is 6.33 Å². The van der Waals surface area contributed by atoms with Crippen molar-refractivity contribution in [3.8, 4) is 0 Å². The molecule has 13 heavy (non-hydrogen) atoms. The number of hydrogen-bond acceptors (Lipinski definition) is 3. The molecule has 0 unspecified atom stereocenters. The minimum Gasteiger partial charge on any atom is -0.311 e. The summed E-state index contributed by atoms with van der Waals surface area (Å²) < 4.78 is 0. The predicted molar refractivity (Wildman–Crippen MR) is 52.2 cm³/mol. The average Bonchev–Trinajstić information content (AvgIpc) is 2.17. The van der Waals surface area contributed by atoms with Crippen molar-refractivity contribution in [2.45, 2.75) is 19.9 Å². The van der Waals surface area contributed by atoms with E-state index in [1.807, 2.05) is 6.92 Å². The van der Waals surface area contributed by atoms with Crippen molar-refractivity contribution in [2.24, 2.45) is 0 Å². The first-order chi connectivity index (χ1) is 6.29. The number of allylic oxidation sites excluding steroid dienone is 1. The molecule has 0 saturated carbocycles. The van der Waals surface area contributed by atoms with Gasteiger partial charge in [0, 0.05) is 12.1 Å². The Morgan fingerprint density at radius 3 is 3.15 bits per heavy atom. The smallest absolute Gasteiger partial charge is 0.116 e. The lowest BCUT2D eigenvalue weighted by atomic mass is 10.0. The highest BCUT2D eigenvalue weighted by molar-refractivity contribution is 5.61. The maximum atomic E-state index is 4.25. The van der Waals surface area contributed by atoms with Crippen LogP contribution in [0.25, 0.3) is 5.57 Å². The third-order valence-corrected chi connectivity index (χ3v) is 2.28. The Labute approximate surface area is 77.9 Å². The maximum absolute atomic E-state index is 4.25. The van der Waals surface area contributed by atoms with Gasteiger partial charge in [-0.3, -0.25) is 0 Å². The summed E-state index contributed by atoms with van der Waals surface area (Å²) >= 11 is 0. The van der Waals surface area contributed by atoms with Gasteiger partial charge in [-0.05, 0) is 25.5 Å². The molecule has 0 aromatic carbocycles. The van der Waals surface area contributed by atoms with Gasteiger partial charge in [0.2, 0.25) is 0 Å². The molecule has 0 fully saturated rings. The Bertz CT molecular complexity index is 344. The van der Waals surface area contributed by atoms with Crippen molar-refractivity contribution >= 4 is 5.57 Å². The normalized spacial score (nSPS) is 15.2. The zero-order valence-electron chi connectivity index (χ0n) is 7.80. The minimum atomic E-state index is 0.859. The molecule has 1 aromatic heterocycles. The van der Waals surface area contributed by atoms with Crippen molar-refractivity contribution in [1.29, 1.82) is 0 Å². The molecule has 0 spiro atoms. The lowest BCUT2D eigenvalue weighted by molar-refractivity contribution is 0.621. The first-order valence-corrected chi connectivity index (χ1v) is 4.48. The second-order valence-electron chi connectivity index (χ2n) is 3.35. The first-order valence-electron chi connectivity index (χ1n) is 4.48. The van der Waals surface area contributed by atoms with Gasteiger partial charge in [0.25, 0.3) is 0 Å². The van der Waals surface area contributed by atoms with E-state index in [-0.39, 0.29) is 0 Å². The second-order valence-corrected chi connectivity index (χ2v) is 3.35. The molecule has 1 N–H and O–H groups in total. The number of aromatic nitrogens is 2. The van der Waals surface area contributed by atoms with Crippen LogP contribution in [0, 0.1) is 0 Å². The molecule has 2 rings (SSSR count). The van der Waals surface area contributed by atoms with Crippen LogP contribution in [0.4, 0.5) is 0 Å². The van der Waals surface area contributed by atoms with Crippen LogP contribution in [0.5, 0.6) is 0 Å². The number of rotatable bonds is 1. The van der Waals surface area contributed by atoms with Crippen molar-refractivity contribution in [3.63, 3.8) is 0 Å². The van der Waals surface area contributed by atoms with E-state index in [0.29, 0.717) is 0 Å². The fourth-order valence-electron chi connectivity index (χ4n) is 1.65. The van der Waals surface area contributed by atoms with Gasteiger partial charge in [-0.15, -0.1) is 0 Å². The van der Waals surface area contributed by atoms with Crippen molar-refractivity contribution in [1.82, 2.24) is 15.3 Å². The Kier molecular flexibility index (Phi) is 2.10. The van der Waals surface area contributed by atoms with E-state index in [1.165, 1.54) is 5.56 Å². The molecule has 0 radical (unpaired) electrons. The molecule has 3 nitrogen and oxygen atoms in total. The third kappa shape index (κ3) is 1.47. The van der Waals surface area contributed by atoms with Crippen LogP contribution < -0.4 is 5.32 Å². The van der Waals surface area contributed by atoms with Gasteiger partial charge in [-0.1, -0.05) is 6.58 Å². The van der Waals surface area contributed by atoms with Crippen molar-refractivity contribution < 1.29 is 0 Å². The maximum Gasteiger partial charge on any atom is 0.116 e. The molecule has 0 bridgehead atoms. The minimum absolute atomic E-state index is 0.859. The molecule has 1 aromatic rings. The van der Waals surface area contributed by atoms with E-state index in [2.05, 4.69) is 21.9 Å². The summed E-state index contributed by atoms with van der Waals surface area (Å²) in [6, 6.07) is 0. The van der Waals surface area contributed by atoms with Crippen LogP contribution in [0.2, 0.25) is 0 Å². The van der Waals surface area contributed by atoms with Gasteiger partial charge in [-0.2, -0.15) is 0 Å². The van der Waals surface area contributed by atoms with Crippen LogP contribution in [-0.4, -0.2) is 16.5 Å². The van der Waals surface area contributed by atoms with Crippen LogP contribution in [0.1, 0.15) is 23.9 Å². The van der Waals surface area contributed by atoms with Crippen molar-refractivity contribution in [3.05, 3.63) is 29.9 Å². The van der Waals surface area contributed by atoms with E-state index in [4.69, 9.17) is 0 Å². The lowest BCUT2D eigenvalue weighted by Gasteiger charge is -2.18. The first kappa shape index (κ1) is 8.38. The van der Waals surface area contributed by atoms with Gasteiger partial charge in [-0.25, -0.2) is 9.97 Å². The SMILES string of the molecule is C=C(C)c1ncnc2c1CCNC2. The molecular weight excluding hydrogens is 162 g/mol. The van der Waals surface area contributed by atoms with Crippen LogP contribution >= 0.6 is 0 Å². The molecule has 0 aliphatic carbocycles. The Hall–Kier alpha value is -1.22. The van der Waals surface area contributed by atoms with E-state index in [9.17, 15) is 0 Å². The van der Waals surface area contributed by atoms with Gasteiger partial charge in [0.05, 0.1) is 11.4 Å². The Morgan fingerprint density at radius 2 is 2.38 bits per heavy atom. The zero-order valence-corrected chi connectivity index (χ0v) is 7.80. The topological polar surface area (TPSA) is 37.8 Å². The van der Waals surface area contributed by atoms with E-state index in [1.54, 1.807) is 6.33 Å².